The van der Waals surface area contributed by atoms with Crippen molar-refractivity contribution in [1.82, 2.24) is 0 Å². The molecule has 0 saturated carbocycles. The van der Waals surface area contributed by atoms with Gasteiger partial charge in [-0.3, -0.25) is 0 Å². The molecule has 98 heavy (non-hydrogen) atoms. The summed E-state index contributed by atoms with van der Waals surface area (Å²) < 4.78 is 14.0. The average molecular weight is 1240 g/mol. The zero-order valence-corrected chi connectivity index (χ0v) is 53.3. The molecule has 0 amide bonds. The Labute approximate surface area is 565 Å². The highest BCUT2D eigenvalue weighted by molar-refractivity contribution is 6.29. The van der Waals surface area contributed by atoms with Gasteiger partial charge in [0.1, 0.15) is 22.3 Å². The highest BCUT2D eigenvalue weighted by atomic mass is 16.3. The van der Waals surface area contributed by atoms with E-state index in [0.717, 1.165) is 88.4 Å². The van der Waals surface area contributed by atoms with Crippen LogP contribution in [0.2, 0.25) is 0 Å². The minimum Gasteiger partial charge on any atom is -0.456 e. The first-order valence-corrected chi connectivity index (χ1v) is 33.8. The van der Waals surface area contributed by atoms with Crippen molar-refractivity contribution in [3.05, 3.63) is 352 Å². The van der Waals surface area contributed by atoms with E-state index in [1.807, 2.05) is 0 Å². The Kier molecular flexibility index (Phi) is 12.7. The molecule has 0 N–H and O–H groups in total. The molecule has 2 aromatic heterocycles. The van der Waals surface area contributed by atoms with E-state index in [9.17, 15) is 0 Å². The van der Waals surface area contributed by atoms with E-state index in [1.165, 1.54) is 120 Å². The summed E-state index contributed by atoms with van der Waals surface area (Å²) in [4.78, 5) is 0. The van der Waals surface area contributed by atoms with Gasteiger partial charge in [-0.1, -0.05) is 297 Å². The molecule has 2 heteroatoms. The molecule has 2 nitrogen and oxygen atoms in total. The largest absolute Gasteiger partial charge is 0.456 e. The van der Waals surface area contributed by atoms with E-state index < -0.39 is 0 Å². The van der Waals surface area contributed by atoms with Gasteiger partial charge in [-0.25, -0.2) is 0 Å². The van der Waals surface area contributed by atoms with Crippen molar-refractivity contribution in [2.45, 2.75) is 0 Å². The molecule has 0 aliphatic heterocycles. The quantitative estimate of drug-likeness (QED) is 0.135. The molecule has 0 bridgehead atoms. The highest BCUT2D eigenvalue weighted by Gasteiger charge is 2.25. The molecule has 0 aliphatic rings. The molecule has 0 radical (unpaired) electrons. The molecule has 0 fully saturated rings. The monoisotopic (exact) mass is 1240 g/mol. The standard InChI is InChI=1S/C96H58O2/c1-4-20-59(21-5-1)68-48-50-82-88(57-68)97-87-37-19-36-84(94(82)87)92-78-31-14-10-27-74(78)90(75-28-11-15-32-79(75)92)70-47-45-66-54-65(43-44-67(66)55-70)61-38-40-64(41-39-61)73-52-53-85(95-83-51-49-69(58-89(83)98-96(73)95)60-22-6-2-7-23-60)93-80-33-16-12-29-76(80)91(77-30-13-17-34-81(77)93)71-46-42-63-26-18-35-72(86(63)56-71)62-24-8-3-9-25-62/h1-58H. The second kappa shape index (κ2) is 22.4. The van der Waals surface area contributed by atoms with Gasteiger partial charge in [0.05, 0.1) is 0 Å². The zero-order chi connectivity index (χ0) is 64.4. The maximum absolute atomic E-state index is 7.28. The van der Waals surface area contributed by atoms with E-state index in [0.29, 0.717) is 0 Å². The third-order valence-electron chi connectivity index (χ3n) is 20.6. The zero-order valence-electron chi connectivity index (χ0n) is 53.3. The van der Waals surface area contributed by atoms with Crippen molar-refractivity contribution >= 4 is 109 Å². The summed E-state index contributed by atoms with van der Waals surface area (Å²) in [5, 5.41) is 18.9. The maximum Gasteiger partial charge on any atom is 0.143 e. The number of hydrogen-bond donors (Lipinski definition) is 0. The van der Waals surface area contributed by atoms with Crippen molar-refractivity contribution in [1.29, 1.82) is 0 Å². The van der Waals surface area contributed by atoms with Crippen LogP contribution in [0.15, 0.2) is 361 Å². The summed E-state index contributed by atoms with van der Waals surface area (Å²) in [7, 11) is 0. The fourth-order valence-corrected chi connectivity index (χ4v) is 16.1. The summed E-state index contributed by atoms with van der Waals surface area (Å²) in [6.45, 7) is 0. The molecule has 0 atom stereocenters. The van der Waals surface area contributed by atoms with Crippen LogP contribution in [0.4, 0.5) is 0 Å². The third-order valence-corrected chi connectivity index (χ3v) is 20.6. The molecule has 0 unspecified atom stereocenters. The predicted octanol–water partition coefficient (Wildman–Crippen LogP) is 27.4. The molecule has 18 aromatic carbocycles. The Balaban J connectivity index is 0.684. The van der Waals surface area contributed by atoms with E-state index in [4.69, 9.17) is 8.83 Å². The third kappa shape index (κ3) is 8.89. The minimum absolute atomic E-state index is 0.857. The molecule has 2 heterocycles. The molecule has 0 aliphatic carbocycles. The Morgan fingerprint density at radius 1 is 0.153 bits per heavy atom. The predicted molar refractivity (Wildman–Crippen MR) is 415 cm³/mol. The SMILES string of the molecule is c1ccc(-c2ccc3c(c2)oc2cccc(-c4c5ccccc5c(-c5ccc6cc(-c7ccc(-c8ccc(-c9c%10ccccc%10c(-c%10ccc%11cccc(-c%12ccccc%12)c%11c%10)c%10ccccc9%10)c9c8oc8cc(-c%10ccccc%10)ccc89)cc7)ccc6c5)c5ccccc45)c23)cc1. The Bertz CT molecular complexity index is 6520. The first kappa shape index (κ1) is 55.6. The number of furan rings is 2. The van der Waals surface area contributed by atoms with Gasteiger partial charge >= 0.3 is 0 Å². The molecule has 0 saturated heterocycles. The lowest BCUT2D eigenvalue weighted by molar-refractivity contribution is 0.669. The fourth-order valence-electron chi connectivity index (χ4n) is 16.1. The van der Waals surface area contributed by atoms with Gasteiger partial charge in [-0.2, -0.15) is 0 Å². The van der Waals surface area contributed by atoms with E-state index in [-0.39, 0.29) is 0 Å². The lowest BCUT2D eigenvalue weighted by Crippen LogP contribution is -1.92. The normalized spacial score (nSPS) is 11.9. The smallest absolute Gasteiger partial charge is 0.143 e. The van der Waals surface area contributed by atoms with Crippen LogP contribution in [0.3, 0.4) is 0 Å². The molecular formula is C96H58O2. The average Bonchev–Trinajstić information content (AvgIpc) is 1.22. The van der Waals surface area contributed by atoms with Crippen molar-refractivity contribution in [3.63, 3.8) is 0 Å². The molecular weight excluding hydrogens is 1190 g/mol. The highest BCUT2D eigenvalue weighted by Crippen LogP contribution is 2.52. The maximum atomic E-state index is 7.28. The first-order valence-electron chi connectivity index (χ1n) is 33.8. The lowest BCUT2D eigenvalue weighted by Gasteiger charge is -2.19. The van der Waals surface area contributed by atoms with Crippen LogP contribution in [0.1, 0.15) is 0 Å². The number of fused-ring (bicyclic) bond motifs is 12. The van der Waals surface area contributed by atoms with Gasteiger partial charge in [0.25, 0.3) is 0 Å². The van der Waals surface area contributed by atoms with Crippen LogP contribution >= 0.6 is 0 Å². The van der Waals surface area contributed by atoms with Gasteiger partial charge in [-0.15, -0.1) is 0 Å². The van der Waals surface area contributed by atoms with Gasteiger partial charge in [0.2, 0.25) is 0 Å². The van der Waals surface area contributed by atoms with Gasteiger partial charge in [-0.05, 0) is 214 Å². The van der Waals surface area contributed by atoms with E-state index in [1.54, 1.807) is 0 Å². The molecule has 454 valence electrons. The van der Waals surface area contributed by atoms with Crippen LogP contribution in [0.25, 0.3) is 209 Å². The van der Waals surface area contributed by atoms with Gasteiger partial charge < -0.3 is 8.83 Å². The van der Waals surface area contributed by atoms with Gasteiger partial charge in [0.15, 0.2) is 0 Å². The van der Waals surface area contributed by atoms with Crippen molar-refractivity contribution in [2.75, 3.05) is 0 Å². The number of rotatable bonds is 9. The molecule has 20 rings (SSSR count). The lowest BCUT2D eigenvalue weighted by atomic mass is 9.83. The van der Waals surface area contributed by atoms with Crippen LogP contribution in [-0.4, -0.2) is 0 Å². The summed E-state index contributed by atoms with van der Waals surface area (Å²) in [5.41, 5.74) is 24.5. The summed E-state index contributed by atoms with van der Waals surface area (Å²) in [6, 6.07) is 129. The first-order chi connectivity index (χ1) is 48.6. The number of hydrogen-bond acceptors (Lipinski definition) is 2. The van der Waals surface area contributed by atoms with Crippen LogP contribution < -0.4 is 0 Å². The van der Waals surface area contributed by atoms with Crippen molar-refractivity contribution < 1.29 is 8.83 Å². The van der Waals surface area contributed by atoms with Crippen molar-refractivity contribution in [3.8, 4) is 100 Å². The topological polar surface area (TPSA) is 26.3 Å². The summed E-state index contributed by atoms with van der Waals surface area (Å²) >= 11 is 0. The van der Waals surface area contributed by atoms with Crippen LogP contribution in [0.5, 0.6) is 0 Å². The van der Waals surface area contributed by atoms with Gasteiger partial charge in [0, 0.05) is 27.1 Å². The van der Waals surface area contributed by atoms with Crippen LogP contribution in [0, 0.1) is 0 Å². The Hall–Kier alpha value is -12.9. The second-order valence-electron chi connectivity index (χ2n) is 26.0. The Morgan fingerprint density at radius 2 is 0.520 bits per heavy atom. The number of benzene rings is 18. The summed E-state index contributed by atoms with van der Waals surface area (Å²) in [6.07, 6.45) is 0. The minimum atomic E-state index is 0.857. The van der Waals surface area contributed by atoms with Crippen molar-refractivity contribution in [2.24, 2.45) is 0 Å². The second-order valence-corrected chi connectivity index (χ2v) is 26.0. The molecule has 0 spiro atoms. The van der Waals surface area contributed by atoms with Crippen LogP contribution in [-0.2, 0) is 0 Å². The summed E-state index contributed by atoms with van der Waals surface area (Å²) in [5.74, 6) is 0. The van der Waals surface area contributed by atoms with E-state index in [2.05, 4.69) is 352 Å². The molecule has 20 aromatic rings. The Morgan fingerprint density at radius 3 is 1.08 bits per heavy atom. The fraction of sp³-hybridized carbons (Fsp3) is 0. The van der Waals surface area contributed by atoms with E-state index >= 15 is 0 Å².